The summed E-state index contributed by atoms with van der Waals surface area (Å²) in [5, 5.41) is 2.91. The predicted molar refractivity (Wildman–Crippen MR) is 84.7 cm³/mol. The van der Waals surface area contributed by atoms with Gasteiger partial charge in [-0.25, -0.2) is 13.1 Å². The van der Waals surface area contributed by atoms with Crippen molar-refractivity contribution in [1.29, 1.82) is 0 Å². The summed E-state index contributed by atoms with van der Waals surface area (Å²) < 4.78 is 27.0. The van der Waals surface area contributed by atoms with Gasteiger partial charge in [-0.3, -0.25) is 0 Å². The van der Waals surface area contributed by atoms with Crippen LogP contribution in [0, 0.1) is 4.91 Å². The molecular weight excluding hydrogens is 290 g/mol. The molecule has 0 aromatic heterocycles. The third kappa shape index (κ3) is 5.28. The van der Waals surface area contributed by atoms with Crippen molar-refractivity contribution in [3.63, 3.8) is 0 Å². The number of nitroso groups, excluding NO2 is 1. The first-order valence-electron chi connectivity index (χ1n) is 6.41. The summed E-state index contributed by atoms with van der Waals surface area (Å²) in [7, 11) is 0.00567. The molecule has 1 aromatic carbocycles. The first-order chi connectivity index (χ1) is 9.55. The van der Waals surface area contributed by atoms with Gasteiger partial charge in [0.2, 0.25) is 10.0 Å². The molecule has 21 heavy (non-hydrogen) atoms. The lowest BCUT2D eigenvalue weighted by atomic mass is 10.1. The minimum absolute atomic E-state index is 0.0222. The summed E-state index contributed by atoms with van der Waals surface area (Å²) >= 11 is 0. The minimum Gasteiger partial charge on any atom is -0.383 e. The lowest BCUT2D eigenvalue weighted by Gasteiger charge is -2.20. The second kappa shape index (κ2) is 6.36. The standard InChI is InChI=1S/C14H21N3O3S/c1-14(2,3)16-21(19,20)12-7-6-11(8-9-17(4)5)13(10-12)15-18/h6-10,16H,1-5H3/b9-8+. The Labute approximate surface area is 125 Å². The molecule has 0 fully saturated rings. The van der Waals surface area contributed by atoms with Gasteiger partial charge in [0.05, 0.1) is 4.90 Å². The first-order valence-corrected chi connectivity index (χ1v) is 7.89. The number of nitrogens with zero attached hydrogens (tertiary/aromatic N) is 2. The Morgan fingerprint density at radius 3 is 2.33 bits per heavy atom. The van der Waals surface area contributed by atoms with Crippen LogP contribution in [-0.2, 0) is 10.0 Å². The quantitative estimate of drug-likeness (QED) is 0.848. The van der Waals surface area contributed by atoms with Crippen molar-refractivity contribution in [1.82, 2.24) is 9.62 Å². The maximum absolute atomic E-state index is 12.2. The third-order valence-electron chi connectivity index (χ3n) is 2.40. The van der Waals surface area contributed by atoms with E-state index in [4.69, 9.17) is 0 Å². The zero-order chi connectivity index (χ0) is 16.3. The van der Waals surface area contributed by atoms with Crippen LogP contribution < -0.4 is 4.72 Å². The molecular formula is C14H21N3O3S. The maximum Gasteiger partial charge on any atom is 0.241 e. The lowest BCUT2D eigenvalue weighted by Crippen LogP contribution is -2.40. The number of hydrogen-bond acceptors (Lipinski definition) is 5. The maximum atomic E-state index is 12.2. The second-order valence-corrected chi connectivity index (χ2v) is 7.63. The number of hydrogen-bond donors (Lipinski definition) is 1. The van der Waals surface area contributed by atoms with Crippen molar-refractivity contribution in [3.05, 3.63) is 34.9 Å². The number of nitrogens with one attached hydrogen (secondary N) is 1. The van der Waals surface area contributed by atoms with Gasteiger partial charge in [0.1, 0.15) is 5.69 Å². The van der Waals surface area contributed by atoms with E-state index < -0.39 is 15.6 Å². The van der Waals surface area contributed by atoms with E-state index in [2.05, 4.69) is 9.90 Å². The largest absolute Gasteiger partial charge is 0.383 e. The lowest BCUT2D eigenvalue weighted by molar-refractivity contribution is 0.491. The highest BCUT2D eigenvalue weighted by molar-refractivity contribution is 7.89. The van der Waals surface area contributed by atoms with E-state index >= 15 is 0 Å². The zero-order valence-corrected chi connectivity index (χ0v) is 13.7. The molecule has 1 N–H and O–H groups in total. The highest BCUT2D eigenvalue weighted by atomic mass is 32.2. The number of benzene rings is 1. The molecule has 0 spiro atoms. The monoisotopic (exact) mass is 311 g/mol. The van der Waals surface area contributed by atoms with Gasteiger partial charge in [0.25, 0.3) is 0 Å². The molecule has 0 saturated heterocycles. The molecule has 0 heterocycles. The molecule has 0 radical (unpaired) electrons. The van der Waals surface area contributed by atoms with Crippen molar-refractivity contribution in [2.75, 3.05) is 14.1 Å². The summed E-state index contributed by atoms with van der Waals surface area (Å²) in [5.74, 6) is 0. The van der Waals surface area contributed by atoms with Crippen molar-refractivity contribution in [3.8, 4) is 0 Å². The molecule has 1 aromatic rings. The van der Waals surface area contributed by atoms with Crippen molar-refractivity contribution in [2.45, 2.75) is 31.2 Å². The summed E-state index contributed by atoms with van der Waals surface area (Å²) in [6, 6.07) is 4.29. The minimum atomic E-state index is -3.68. The Hall–Kier alpha value is -1.73. The molecule has 116 valence electrons. The van der Waals surface area contributed by atoms with E-state index in [1.165, 1.54) is 12.1 Å². The van der Waals surface area contributed by atoms with E-state index in [1.807, 2.05) is 14.1 Å². The third-order valence-corrected chi connectivity index (χ3v) is 4.16. The van der Waals surface area contributed by atoms with E-state index in [-0.39, 0.29) is 10.6 Å². The topological polar surface area (TPSA) is 78.8 Å². The fourth-order valence-corrected chi connectivity index (χ4v) is 3.04. The molecule has 0 unspecified atom stereocenters. The van der Waals surface area contributed by atoms with Gasteiger partial charge in [-0.05, 0) is 50.4 Å². The SMILES string of the molecule is CN(C)/C=C/c1ccc(S(=O)(=O)NC(C)(C)C)cc1N=O. The van der Waals surface area contributed by atoms with Crippen LogP contribution in [0.15, 0.2) is 34.5 Å². The van der Waals surface area contributed by atoms with E-state index in [9.17, 15) is 13.3 Å². The van der Waals surface area contributed by atoms with Crippen LogP contribution in [0.1, 0.15) is 26.3 Å². The van der Waals surface area contributed by atoms with Gasteiger partial charge in [-0.1, -0.05) is 6.07 Å². The van der Waals surface area contributed by atoms with Gasteiger partial charge in [-0.15, -0.1) is 4.91 Å². The molecule has 0 atom stereocenters. The van der Waals surface area contributed by atoms with Crippen molar-refractivity contribution in [2.24, 2.45) is 5.18 Å². The summed E-state index contributed by atoms with van der Waals surface area (Å²) in [4.78, 5) is 12.8. The van der Waals surface area contributed by atoms with Crippen LogP contribution in [0.3, 0.4) is 0 Å². The zero-order valence-electron chi connectivity index (χ0n) is 12.9. The number of sulfonamides is 1. The molecule has 0 aliphatic heterocycles. The first kappa shape index (κ1) is 17.3. The molecule has 0 bridgehead atoms. The predicted octanol–water partition coefficient (Wildman–Crippen LogP) is 2.69. The van der Waals surface area contributed by atoms with Crippen LogP contribution in [-0.4, -0.2) is 33.0 Å². The van der Waals surface area contributed by atoms with Gasteiger partial charge >= 0.3 is 0 Å². The van der Waals surface area contributed by atoms with Crippen LogP contribution >= 0.6 is 0 Å². The average Bonchev–Trinajstić information content (AvgIpc) is 2.33. The van der Waals surface area contributed by atoms with Crippen LogP contribution in [0.2, 0.25) is 0 Å². The van der Waals surface area contributed by atoms with E-state index in [0.29, 0.717) is 5.56 Å². The molecule has 0 aliphatic carbocycles. The smallest absolute Gasteiger partial charge is 0.241 e. The van der Waals surface area contributed by atoms with Crippen LogP contribution in [0.4, 0.5) is 5.69 Å². The van der Waals surface area contributed by atoms with E-state index in [0.717, 1.165) is 0 Å². The Balaban J connectivity index is 3.22. The van der Waals surface area contributed by atoms with Crippen molar-refractivity contribution < 1.29 is 8.42 Å². The summed E-state index contributed by atoms with van der Waals surface area (Å²) in [6.07, 6.45) is 3.45. The van der Waals surface area contributed by atoms with Crippen LogP contribution in [0.25, 0.3) is 6.08 Å². The Kier molecular flexibility index (Phi) is 5.25. The van der Waals surface area contributed by atoms with Gasteiger partial charge < -0.3 is 4.90 Å². The molecule has 6 nitrogen and oxygen atoms in total. The fourth-order valence-electron chi connectivity index (χ4n) is 1.60. The molecule has 0 aliphatic rings. The highest BCUT2D eigenvalue weighted by Crippen LogP contribution is 2.25. The molecule has 1 rings (SSSR count). The summed E-state index contributed by atoms with van der Waals surface area (Å²) in [5.41, 5.74) is 0.0511. The van der Waals surface area contributed by atoms with E-state index in [1.54, 1.807) is 44.0 Å². The van der Waals surface area contributed by atoms with Gasteiger partial charge in [0.15, 0.2) is 0 Å². The summed E-state index contributed by atoms with van der Waals surface area (Å²) in [6.45, 7) is 5.24. The van der Waals surface area contributed by atoms with Crippen molar-refractivity contribution >= 4 is 21.8 Å². The normalized spacial score (nSPS) is 12.6. The van der Waals surface area contributed by atoms with Crippen LogP contribution in [0.5, 0.6) is 0 Å². The Morgan fingerprint density at radius 2 is 1.86 bits per heavy atom. The average molecular weight is 311 g/mol. The number of rotatable bonds is 5. The van der Waals surface area contributed by atoms with Gasteiger partial charge in [0, 0.05) is 25.2 Å². The fraction of sp³-hybridized carbons (Fsp3) is 0.429. The second-order valence-electron chi connectivity index (χ2n) is 5.95. The molecule has 7 heteroatoms. The van der Waals surface area contributed by atoms with Gasteiger partial charge in [-0.2, -0.15) is 0 Å². The molecule has 0 amide bonds. The Morgan fingerprint density at radius 1 is 1.24 bits per heavy atom. The Bertz CT molecular complexity index is 644. The highest BCUT2D eigenvalue weighted by Gasteiger charge is 2.22. The molecule has 0 saturated carbocycles.